The number of pyridine rings is 1. The number of halogens is 2. The molecular formula is C18H16ClIN2O5. The minimum Gasteiger partial charge on any atom is -0.483 e. The summed E-state index contributed by atoms with van der Waals surface area (Å²) in [4.78, 5) is 28.6. The largest absolute Gasteiger partial charge is 0.483 e. The number of benzene rings is 1. The Kier molecular flexibility index (Phi) is 6.05. The number of fused-ring (bicyclic) bond motifs is 1. The summed E-state index contributed by atoms with van der Waals surface area (Å²) in [6.07, 6.45) is 1.24. The standard InChI is InChI=1S/C18H16ClIN2O5/c1-10(13-3-2-11(20)8-21-13)27-15-7-16-14(6-12(15)19)22(5-4-18(24)25)17(23)9-26-16/h2-3,6-8,10H,4-5,9H2,1H3,(H,24,25)/t10-/m1/s1. The number of anilines is 1. The molecule has 0 fully saturated rings. The number of amides is 1. The number of carboxylic acid groups (broad SMARTS) is 1. The third kappa shape index (κ3) is 4.62. The van der Waals surface area contributed by atoms with Crippen molar-refractivity contribution in [1.82, 2.24) is 4.98 Å². The Morgan fingerprint density at radius 1 is 1.48 bits per heavy atom. The minimum atomic E-state index is -0.985. The average Bonchev–Trinajstić information content (AvgIpc) is 2.62. The van der Waals surface area contributed by atoms with Crippen LogP contribution >= 0.6 is 34.2 Å². The number of carbonyl (C=O) groups is 2. The first kappa shape index (κ1) is 19.7. The van der Waals surface area contributed by atoms with Crippen molar-refractivity contribution in [3.05, 3.63) is 44.7 Å². The lowest BCUT2D eigenvalue weighted by molar-refractivity contribution is -0.136. The molecule has 1 amide bonds. The van der Waals surface area contributed by atoms with Gasteiger partial charge in [-0.2, -0.15) is 0 Å². The van der Waals surface area contributed by atoms with Crippen LogP contribution in [0, 0.1) is 3.57 Å². The molecule has 142 valence electrons. The van der Waals surface area contributed by atoms with Gasteiger partial charge in [0.1, 0.15) is 17.6 Å². The first-order chi connectivity index (χ1) is 12.8. The Hall–Kier alpha value is -2.07. The number of rotatable bonds is 6. The number of nitrogens with zero attached hydrogens (tertiary/aromatic N) is 2. The van der Waals surface area contributed by atoms with Crippen LogP contribution < -0.4 is 14.4 Å². The van der Waals surface area contributed by atoms with Gasteiger partial charge in [0, 0.05) is 22.4 Å². The summed E-state index contributed by atoms with van der Waals surface area (Å²) in [5.41, 5.74) is 1.19. The predicted octanol–water partition coefficient (Wildman–Crippen LogP) is 3.68. The zero-order valence-electron chi connectivity index (χ0n) is 14.3. The zero-order chi connectivity index (χ0) is 19.6. The highest BCUT2D eigenvalue weighted by molar-refractivity contribution is 14.1. The van der Waals surface area contributed by atoms with E-state index in [1.807, 2.05) is 19.1 Å². The fraction of sp³-hybridized carbons (Fsp3) is 0.278. The van der Waals surface area contributed by atoms with Gasteiger partial charge in [0.15, 0.2) is 6.61 Å². The number of aromatic nitrogens is 1. The lowest BCUT2D eigenvalue weighted by atomic mass is 10.2. The summed E-state index contributed by atoms with van der Waals surface area (Å²) < 4.78 is 12.4. The molecule has 2 heterocycles. The normalized spacial score (nSPS) is 14.3. The van der Waals surface area contributed by atoms with E-state index < -0.39 is 5.97 Å². The molecule has 0 radical (unpaired) electrons. The van der Waals surface area contributed by atoms with Crippen molar-refractivity contribution in [3.8, 4) is 11.5 Å². The fourth-order valence-electron chi connectivity index (χ4n) is 2.62. The van der Waals surface area contributed by atoms with Gasteiger partial charge in [-0.3, -0.25) is 14.6 Å². The van der Waals surface area contributed by atoms with E-state index in [1.54, 1.807) is 18.3 Å². The maximum Gasteiger partial charge on any atom is 0.305 e. The van der Waals surface area contributed by atoms with Crippen molar-refractivity contribution in [2.24, 2.45) is 0 Å². The van der Waals surface area contributed by atoms with Gasteiger partial charge < -0.3 is 19.5 Å². The Morgan fingerprint density at radius 3 is 2.93 bits per heavy atom. The quantitative estimate of drug-likeness (QED) is 0.606. The molecule has 0 spiro atoms. The van der Waals surface area contributed by atoms with Crippen molar-refractivity contribution in [2.75, 3.05) is 18.1 Å². The smallest absolute Gasteiger partial charge is 0.305 e. The van der Waals surface area contributed by atoms with Gasteiger partial charge in [0.2, 0.25) is 0 Å². The molecule has 9 heteroatoms. The van der Waals surface area contributed by atoms with Crippen LogP contribution in [-0.4, -0.2) is 35.1 Å². The molecule has 1 N–H and O–H groups in total. The molecule has 0 aliphatic carbocycles. The van der Waals surface area contributed by atoms with Crippen LogP contribution in [-0.2, 0) is 9.59 Å². The van der Waals surface area contributed by atoms with E-state index in [9.17, 15) is 9.59 Å². The molecule has 0 bridgehead atoms. The topological polar surface area (TPSA) is 89.0 Å². The van der Waals surface area contributed by atoms with Crippen LogP contribution in [0.5, 0.6) is 11.5 Å². The molecule has 0 saturated carbocycles. The van der Waals surface area contributed by atoms with E-state index in [1.165, 1.54) is 4.90 Å². The van der Waals surface area contributed by atoms with Crippen LogP contribution in [0.1, 0.15) is 25.1 Å². The summed E-state index contributed by atoms with van der Waals surface area (Å²) >= 11 is 8.51. The highest BCUT2D eigenvalue weighted by atomic mass is 127. The summed E-state index contributed by atoms with van der Waals surface area (Å²) in [5, 5.41) is 9.18. The van der Waals surface area contributed by atoms with E-state index in [4.69, 9.17) is 26.2 Å². The van der Waals surface area contributed by atoms with E-state index in [0.29, 0.717) is 22.2 Å². The summed E-state index contributed by atoms with van der Waals surface area (Å²) in [7, 11) is 0. The second-order valence-corrected chi connectivity index (χ2v) is 7.54. The molecule has 1 atom stereocenters. The molecule has 3 rings (SSSR count). The minimum absolute atomic E-state index is 0.0457. The van der Waals surface area contributed by atoms with Gasteiger partial charge in [-0.1, -0.05) is 11.6 Å². The monoisotopic (exact) mass is 502 g/mol. The second kappa shape index (κ2) is 8.30. The number of hydrogen-bond donors (Lipinski definition) is 1. The highest BCUT2D eigenvalue weighted by Gasteiger charge is 2.28. The number of aliphatic carboxylic acids is 1. The lowest BCUT2D eigenvalue weighted by Gasteiger charge is -2.30. The molecule has 0 unspecified atom stereocenters. The van der Waals surface area contributed by atoms with Gasteiger partial charge in [-0.25, -0.2) is 0 Å². The second-order valence-electron chi connectivity index (χ2n) is 5.89. The first-order valence-electron chi connectivity index (χ1n) is 8.11. The van der Waals surface area contributed by atoms with Gasteiger partial charge in [0.25, 0.3) is 5.91 Å². The molecule has 27 heavy (non-hydrogen) atoms. The Balaban J connectivity index is 1.84. The first-order valence-corrected chi connectivity index (χ1v) is 9.57. The van der Waals surface area contributed by atoms with Crippen molar-refractivity contribution in [3.63, 3.8) is 0 Å². The predicted molar refractivity (Wildman–Crippen MR) is 108 cm³/mol. The molecule has 1 aromatic carbocycles. The summed E-state index contributed by atoms with van der Waals surface area (Å²) in [5.74, 6) is -0.483. The van der Waals surface area contributed by atoms with Crippen molar-refractivity contribution in [1.29, 1.82) is 0 Å². The highest BCUT2D eigenvalue weighted by Crippen LogP contribution is 2.41. The lowest BCUT2D eigenvalue weighted by Crippen LogP contribution is -2.40. The summed E-state index contributed by atoms with van der Waals surface area (Å²) in [6.45, 7) is 1.74. The molecule has 7 nitrogen and oxygen atoms in total. The maximum absolute atomic E-state index is 12.1. The number of carboxylic acids is 1. The number of hydrogen-bond acceptors (Lipinski definition) is 5. The van der Waals surface area contributed by atoms with Crippen LogP contribution in [0.2, 0.25) is 5.02 Å². The SMILES string of the molecule is C[C@@H](Oc1cc2c(cc1Cl)N(CCC(=O)O)C(=O)CO2)c1ccc(I)cn1. The van der Waals surface area contributed by atoms with Crippen molar-refractivity contribution >= 4 is 51.8 Å². The summed E-state index contributed by atoms with van der Waals surface area (Å²) in [6, 6.07) is 6.98. The van der Waals surface area contributed by atoms with Crippen LogP contribution in [0.3, 0.4) is 0 Å². The van der Waals surface area contributed by atoms with Gasteiger partial charge >= 0.3 is 5.97 Å². The molecule has 0 saturated heterocycles. The molecular weight excluding hydrogens is 487 g/mol. The van der Waals surface area contributed by atoms with Gasteiger partial charge in [-0.15, -0.1) is 0 Å². The van der Waals surface area contributed by atoms with Crippen molar-refractivity contribution in [2.45, 2.75) is 19.4 Å². The number of ether oxygens (including phenoxy) is 2. The molecule has 1 aliphatic rings. The zero-order valence-corrected chi connectivity index (χ0v) is 17.2. The third-order valence-corrected chi connectivity index (χ3v) is 4.91. The van der Waals surface area contributed by atoms with Gasteiger partial charge in [-0.05, 0) is 47.7 Å². The average molecular weight is 503 g/mol. The number of carbonyl (C=O) groups excluding carboxylic acids is 1. The Morgan fingerprint density at radius 2 is 2.26 bits per heavy atom. The van der Waals surface area contributed by atoms with Crippen LogP contribution in [0.4, 0.5) is 5.69 Å². The van der Waals surface area contributed by atoms with Crippen molar-refractivity contribution < 1.29 is 24.2 Å². The maximum atomic E-state index is 12.1. The fourth-order valence-corrected chi connectivity index (χ4v) is 3.15. The van der Waals surface area contributed by atoms with E-state index >= 15 is 0 Å². The Bertz CT molecular complexity index is 875. The molecule has 2 aromatic rings. The van der Waals surface area contributed by atoms with E-state index in [0.717, 1.165) is 9.26 Å². The van der Waals surface area contributed by atoms with E-state index in [2.05, 4.69) is 27.6 Å². The van der Waals surface area contributed by atoms with Crippen LogP contribution in [0.15, 0.2) is 30.5 Å². The van der Waals surface area contributed by atoms with Gasteiger partial charge in [0.05, 0.1) is 22.8 Å². The third-order valence-electron chi connectivity index (χ3n) is 3.98. The van der Waals surface area contributed by atoms with E-state index in [-0.39, 0.29) is 31.6 Å². The molecule has 1 aromatic heterocycles. The van der Waals surface area contributed by atoms with Crippen LogP contribution in [0.25, 0.3) is 0 Å². The molecule has 1 aliphatic heterocycles. The Labute approximate surface area is 174 Å².